The van der Waals surface area contributed by atoms with E-state index in [9.17, 15) is 9.59 Å². The summed E-state index contributed by atoms with van der Waals surface area (Å²) in [4.78, 5) is 24.5. The van der Waals surface area contributed by atoms with E-state index >= 15 is 0 Å². The summed E-state index contributed by atoms with van der Waals surface area (Å²) in [6.45, 7) is 4.29. The predicted octanol–water partition coefficient (Wildman–Crippen LogP) is 2.16. The van der Waals surface area contributed by atoms with E-state index < -0.39 is 11.7 Å². The first-order valence-corrected chi connectivity index (χ1v) is 5.76. The summed E-state index contributed by atoms with van der Waals surface area (Å²) >= 11 is 0. The van der Waals surface area contributed by atoms with Gasteiger partial charge in [-0.2, -0.15) is 0 Å². The first kappa shape index (κ1) is 13.4. The summed E-state index contributed by atoms with van der Waals surface area (Å²) in [5.74, 6) is -0.354. The zero-order valence-electron chi connectivity index (χ0n) is 10.9. The van der Waals surface area contributed by atoms with Gasteiger partial charge in [0.2, 0.25) is 5.78 Å². The van der Waals surface area contributed by atoms with Gasteiger partial charge in [0.05, 0.1) is 0 Å². The van der Waals surface area contributed by atoms with Crippen LogP contribution in [0.5, 0.6) is 0 Å². The maximum atomic E-state index is 11.7. The minimum atomic E-state index is -0.485. The number of ketones is 1. The zero-order chi connectivity index (χ0) is 13.0. The molecule has 0 aromatic heterocycles. The van der Waals surface area contributed by atoms with Crippen molar-refractivity contribution >= 4 is 11.7 Å². The number of nitrogens with zero attached hydrogens (tertiary/aromatic N) is 1. The summed E-state index contributed by atoms with van der Waals surface area (Å²) in [6, 6.07) is 7.27. The highest BCUT2D eigenvalue weighted by Crippen LogP contribution is 2.10. The lowest BCUT2D eigenvalue weighted by Gasteiger charge is -2.09. The highest BCUT2D eigenvalue weighted by Gasteiger charge is 2.17. The number of benzene rings is 1. The van der Waals surface area contributed by atoms with Crippen molar-refractivity contribution in [1.29, 1.82) is 0 Å². The van der Waals surface area contributed by atoms with Crippen molar-refractivity contribution in [1.82, 2.24) is 4.90 Å². The van der Waals surface area contributed by atoms with E-state index in [-0.39, 0.29) is 0 Å². The molecule has 0 aliphatic carbocycles. The monoisotopic (exact) mass is 233 g/mol. The van der Waals surface area contributed by atoms with E-state index in [4.69, 9.17) is 0 Å². The molecule has 0 saturated carbocycles. The molecular weight excluding hydrogens is 214 g/mol. The van der Waals surface area contributed by atoms with Crippen LogP contribution in [0.4, 0.5) is 0 Å². The predicted molar refractivity (Wildman–Crippen MR) is 68.0 cm³/mol. The third-order valence-electron chi connectivity index (χ3n) is 2.46. The maximum Gasteiger partial charge on any atom is 0.294 e. The molecule has 0 aliphatic heterocycles. The lowest BCUT2D eigenvalue weighted by molar-refractivity contribution is -0.124. The molecular formula is C14H19NO2. The molecule has 0 saturated heterocycles. The minimum absolute atomic E-state index is 0.453. The fourth-order valence-corrected chi connectivity index (χ4v) is 1.59. The van der Waals surface area contributed by atoms with Gasteiger partial charge >= 0.3 is 0 Å². The van der Waals surface area contributed by atoms with Crippen LogP contribution in [-0.4, -0.2) is 30.7 Å². The van der Waals surface area contributed by atoms with Crippen LogP contribution in [0.15, 0.2) is 24.3 Å². The van der Waals surface area contributed by atoms with Crippen LogP contribution in [0.25, 0.3) is 0 Å². The molecule has 1 aromatic rings. The average molecular weight is 233 g/mol. The van der Waals surface area contributed by atoms with Gasteiger partial charge in [0.1, 0.15) is 0 Å². The van der Waals surface area contributed by atoms with Crippen LogP contribution in [0.2, 0.25) is 0 Å². The van der Waals surface area contributed by atoms with Crippen molar-refractivity contribution in [2.45, 2.75) is 20.3 Å². The Kier molecular flexibility index (Phi) is 4.44. The van der Waals surface area contributed by atoms with E-state index in [1.807, 2.05) is 12.1 Å². The summed E-state index contributed by atoms with van der Waals surface area (Å²) in [5.41, 5.74) is 1.64. The van der Waals surface area contributed by atoms with Crippen LogP contribution in [0.1, 0.15) is 29.8 Å². The molecule has 1 aromatic carbocycles. The van der Waals surface area contributed by atoms with E-state index in [1.54, 1.807) is 26.2 Å². The van der Waals surface area contributed by atoms with Crippen LogP contribution in [-0.2, 0) is 11.2 Å². The third kappa shape index (κ3) is 3.70. The number of likely N-dealkylation sites (N-methyl/N-ethyl adjacent to an activating group) is 1. The molecule has 1 amide bonds. The van der Waals surface area contributed by atoms with Gasteiger partial charge in [-0.15, -0.1) is 0 Å². The van der Waals surface area contributed by atoms with Gasteiger partial charge in [0.25, 0.3) is 5.91 Å². The second kappa shape index (κ2) is 5.62. The van der Waals surface area contributed by atoms with E-state index in [0.29, 0.717) is 11.5 Å². The van der Waals surface area contributed by atoms with Crippen LogP contribution >= 0.6 is 0 Å². The summed E-state index contributed by atoms with van der Waals surface area (Å²) in [5, 5.41) is 0. The molecule has 0 spiro atoms. The number of hydrogen-bond donors (Lipinski definition) is 0. The fourth-order valence-electron chi connectivity index (χ4n) is 1.59. The van der Waals surface area contributed by atoms with Crippen molar-refractivity contribution in [2.75, 3.05) is 14.1 Å². The van der Waals surface area contributed by atoms with Gasteiger partial charge in [-0.25, -0.2) is 0 Å². The lowest BCUT2D eigenvalue weighted by Crippen LogP contribution is -2.29. The molecule has 0 atom stereocenters. The highest BCUT2D eigenvalue weighted by molar-refractivity contribution is 6.42. The Balaban J connectivity index is 2.81. The van der Waals surface area contributed by atoms with Crippen molar-refractivity contribution in [3.05, 3.63) is 35.4 Å². The molecule has 0 radical (unpaired) electrons. The number of carbonyl (C=O) groups excluding carboxylic acids is 2. The Hall–Kier alpha value is -1.64. The highest BCUT2D eigenvalue weighted by atomic mass is 16.2. The van der Waals surface area contributed by atoms with Crippen LogP contribution in [0.3, 0.4) is 0 Å². The Morgan fingerprint density at radius 3 is 2.06 bits per heavy atom. The Bertz CT molecular complexity index is 405. The number of carbonyl (C=O) groups is 2. The Morgan fingerprint density at radius 2 is 1.65 bits per heavy atom. The van der Waals surface area contributed by atoms with Crippen LogP contribution in [0, 0.1) is 5.92 Å². The molecule has 0 heterocycles. The minimum Gasteiger partial charge on any atom is -0.342 e. The van der Waals surface area contributed by atoms with Crippen molar-refractivity contribution in [3.63, 3.8) is 0 Å². The SMILES string of the molecule is CC(C)Cc1ccc(C(=O)C(=O)N(C)C)cc1. The zero-order valence-corrected chi connectivity index (χ0v) is 10.9. The lowest BCUT2D eigenvalue weighted by atomic mass is 10.0. The van der Waals surface area contributed by atoms with Gasteiger partial charge in [0.15, 0.2) is 0 Å². The fraction of sp³-hybridized carbons (Fsp3) is 0.429. The number of Topliss-reactive ketones (excluding diaryl/α,β-unsaturated/α-hetero) is 1. The molecule has 3 heteroatoms. The van der Waals surface area contributed by atoms with Gasteiger partial charge in [-0.3, -0.25) is 9.59 Å². The Morgan fingerprint density at radius 1 is 1.12 bits per heavy atom. The summed E-state index contributed by atoms with van der Waals surface area (Å²) in [6.07, 6.45) is 0.982. The molecule has 1 rings (SSSR count). The van der Waals surface area contributed by atoms with Crippen molar-refractivity contribution in [2.24, 2.45) is 5.92 Å². The second-order valence-corrected chi connectivity index (χ2v) is 4.82. The first-order valence-electron chi connectivity index (χ1n) is 5.76. The number of amides is 1. The van der Waals surface area contributed by atoms with Gasteiger partial charge < -0.3 is 4.90 Å². The molecule has 3 nitrogen and oxygen atoms in total. The van der Waals surface area contributed by atoms with Gasteiger partial charge in [0, 0.05) is 19.7 Å². The Labute approximate surface area is 102 Å². The quantitative estimate of drug-likeness (QED) is 0.590. The molecule has 0 N–H and O–H groups in total. The van der Waals surface area contributed by atoms with Gasteiger partial charge in [-0.1, -0.05) is 38.1 Å². The van der Waals surface area contributed by atoms with E-state index in [1.165, 1.54) is 10.5 Å². The average Bonchev–Trinajstić information content (AvgIpc) is 2.27. The largest absolute Gasteiger partial charge is 0.342 e. The van der Waals surface area contributed by atoms with Crippen LogP contribution < -0.4 is 0 Å². The molecule has 0 fully saturated rings. The topological polar surface area (TPSA) is 37.4 Å². The van der Waals surface area contributed by atoms with E-state index in [0.717, 1.165) is 6.42 Å². The maximum absolute atomic E-state index is 11.7. The standard InChI is InChI=1S/C14H19NO2/c1-10(2)9-11-5-7-12(8-6-11)13(16)14(17)15(3)4/h5-8,10H,9H2,1-4H3. The molecule has 92 valence electrons. The van der Waals surface area contributed by atoms with Gasteiger partial charge in [-0.05, 0) is 17.9 Å². The normalized spacial score (nSPS) is 10.4. The molecule has 0 bridgehead atoms. The van der Waals surface area contributed by atoms with E-state index in [2.05, 4.69) is 13.8 Å². The van der Waals surface area contributed by atoms with Crippen molar-refractivity contribution < 1.29 is 9.59 Å². The van der Waals surface area contributed by atoms with Crippen molar-refractivity contribution in [3.8, 4) is 0 Å². The molecule has 17 heavy (non-hydrogen) atoms. The molecule has 0 unspecified atom stereocenters. The first-order chi connectivity index (χ1) is 7.91. The molecule has 0 aliphatic rings. The third-order valence-corrected chi connectivity index (χ3v) is 2.46. The summed E-state index contributed by atoms with van der Waals surface area (Å²) < 4.78 is 0. The second-order valence-electron chi connectivity index (χ2n) is 4.82. The number of hydrogen-bond acceptors (Lipinski definition) is 2. The smallest absolute Gasteiger partial charge is 0.294 e. The number of rotatable bonds is 4. The summed E-state index contributed by atoms with van der Waals surface area (Å²) in [7, 11) is 3.15.